The van der Waals surface area contributed by atoms with Crippen molar-refractivity contribution < 1.29 is 8.42 Å². The number of rotatable bonds is 2. The maximum Gasteiger partial charge on any atom is 0.197 e. The van der Waals surface area contributed by atoms with Gasteiger partial charge in [0.15, 0.2) is 14.9 Å². The molecule has 0 fully saturated rings. The molecular weight excluding hydrogens is 212 g/mol. The Morgan fingerprint density at radius 3 is 2.73 bits per heavy atom. The number of fused-ring (bicyclic) bond motifs is 1. The molecule has 0 unspecified atom stereocenters. The zero-order valence-corrected chi connectivity index (χ0v) is 9.45. The van der Waals surface area contributed by atoms with Gasteiger partial charge in [-0.15, -0.1) is 0 Å². The molecule has 0 aromatic carbocycles. The third-order valence-electron chi connectivity index (χ3n) is 2.40. The van der Waals surface area contributed by atoms with Gasteiger partial charge in [-0.1, -0.05) is 13.0 Å². The van der Waals surface area contributed by atoms with E-state index in [-0.39, 0.29) is 10.8 Å². The van der Waals surface area contributed by atoms with Crippen LogP contribution < -0.4 is 0 Å². The topological polar surface area (TPSA) is 51.4 Å². The summed E-state index contributed by atoms with van der Waals surface area (Å²) in [5.74, 6) is 0.0811. The summed E-state index contributed by atoms with van der Waals surface area (Å²) >= 11 is 0. The summed E-state index contributed by atoms with van der Waals surface area (Å²) in [6.45, 7) is 3.39. The summed E-state index contributed by atoms with van der Waals surface area (Å²) in [5.41, 5.74) is 1.34. The van der Waals surface area contributed by atoms with E-state index in [2.05, 4.69) is 4.98 Å². The molecular formula is C10H12N2O2S. The molecule has 0 saturated heterocycles. The maximum absolute atomic E-state index is 11.7. The predicted molar refractivity (Wildman–Crippen MR) is 57.7 cm³/mol. The second-order valence-corrected chi connectivity index (χ2v) is 5.53. The average molecular weight is 224 g/mol. The van der Waals surface area contributed by atoms with Crippen molar-refractivity contribution in [2.24, 2.45) is 0 Å². The third-order valence-corrected chi connectivity index (χ3v) is 4.14. The maximum atomic E-state index is 11.7. The van der Waals surface area contributed by atoms with E-state index < -0.39 is 9.84 Å². The lowest BCUT2D eigenvalue weighted by Crippen LogP contribution is -2.05. The largest absolute Gasteiger partial charge is 0.303 e. The van der Waals surface area contributed by atoms with Crippen LogP contribution in [0.15, 0.2) is 29.4 Å². The summed E-state index contributed by atoms with van der Waals surface area (Å²) in [6, 6.07) is 5.48. The van der Waals surface area contributed by atoms with Crippen LogP contribution in [0, 0.1) is 6.92 Å². The quantitative estimate of drug-likeness (QED) is 0.775. The van der Waals surface area contributed by atoms with Gasteiger partial charge in [-0.3, -0.25) is 0 Å². The monoisotopic (exact) mass is 224 g/mol. The van der Waals surface area contributed by atoms with E-state index in [0.717, 1.165) is 0 Å². The van der Waals surface area contributed by atoms with Crippen molar-refractivity contribution in [3.05, 3.63) is 30.1 Å². The van der Waals surface area contributed by atoms with Gasteiger partial charge in [-0.25, -0.2) is 13.4 Å². The molecule has 80 valence electrons. The Labute approximate surface area is 88.5 Å². The third kappa shape index (κ3) is 1.52. The van der Waals surface area contributed by atoms with Crippen molar-refractivity contribution >= 4 is 15.5 Å². The van der Waals surface area contributed by atoms with Gasteiger partial charge in [0.25, 0.3) is 0 Å². The second-order valence-electron chi connectivity index (χ2n) is 3.33. The lowest BCUT2D eigenvalue weighted by atomic mass is 10.4. The van der Waals surface area contributed by atoms with E-state index in [9.17, 15) is 8.42 Å². The highest BCUT2D eigenvalue weighted by atomic mass is 32.2. The first-order valence-corrected chi connectivity index (χ1v) is 6.38. The van der Waals surface area contributed by atoms with Crippen LogP contribution in [0.25, 0.3) is 5.65 Å². The standard InChI is InChI=1S/C10H12N2O2S/c1-3-15(13,14)10-8(2)12-7-5-4-6-9(12)11-10/h4-7H,3H2,1-2H3. The Hall–Kier alpha value is -1.36. The summed E-state index contributed by atoms with van der Waals surface area (Å²) in [6.07, 6.45) is 1.81. The van der Waals surface area contributed by atoms with Gasteiger partial charge in [0.2, 0.25) is 0 Å². The first-order chi connectivity index (χ1) is 7.06. The van der Waals surface area contributed by atoms with Crippen molar-refractivity contribution in [1.82, 2.24) is 9.38 Å². The number of nitrogens with zero attached hydrogens (tertiary/aromatic N) is 2. The molecule has 15 heavy (non-hydrogen) atoms. The molecule has 0 atom stereocenters. The number of aromatic nitrogens is 2. The van der Waals surface area contributed by atoms with Gasteiger partial charge < -0.3 is 4.40 Å². The van der Waals surface area contributed by atoms with E-state index in [4.69, 9.17) is 0 Å². The highest BCUT2D eigenvalue weighted by Gasteiger charge is 2.19. The van der Waals surface area contributed by atoms with E-state index in [1.807, 2.05) is 18.3 Å². The minimum absolute atomic E-state index is 0.0811. The van der Waals surface area contributed by atoms with Crippen LogP contribution in [0.3, 0.4) is 0 Å². The Kier molecular flexibility index (Phi) is 2.26. The van der Waals surface area contributed by atoms with Crippen LogP contribution in [0.1, 0.15) is 12.6 Å². The molecule has 2 aromatic rings. The minimum Gasteiger partial charge on any atom is -0.303 e. The fraction of sp³-hybridized carbons (Fsp3) is 0.300. The molecule has 2 heterocycles. The molecule has 0 bridgehead atoms. The van der Waals surface area contributed by atoms with Gasteiger partial charge in [0.05, 0.1) is 11.4 Å². The lowest BCUT2D eigenvalue weighted by Gasteiger charge is -1.97. The first-order valence-electron chi connectivity index (χ1n) is 4.72. The van der Waals surface area contributed by atoms with E-state index in [1.165, 1.54) is 0 Å². The highest BCUT2D eigenvalue weighted by Crippen LogP contribution is 2.17. The molecule has 2 rings (SSSR count). The summed E-state index contributed by atoms with van der Waals surface area (Å²) in [4.78, 5) is 4.13. The zero-order valence-electron chi connectivity index (χ0n) is 8.64. The summed E-state index contributed by atoms with van der Waals surface area (Å²) < 4.78 is 25.2. The number of sulfone groups is 1. The molecule has 0 saturated carbocycles. The van der Waals surface area contributed by atoms with Crippen LogP contribution in [0.4, 0.5) is 0 Å². The number of hydrogen-bond donors (Lipinski definition) is 0. The van der Waals surface area contributed by atoms with Gasteiger partial charge in [-0.2, -0.15) is 0 Å². The Bertz CT molecular complexity index is 599. The van der Waals surface area contributed by atoms with Crippen LogP contribution >= 0.6 is 0 Å². The summed E-state index contributed by atoms with van der Waals surface area (Å²) in [7, 11) is -3.22. The van der Waals surface area contributed by atoms with Crippen LogP contribution in [-0.2, 0) is 9.84 Å². The SMILES string of the molecule is CCS(=O)(=O)c1nc2ccccn2c1C. The van der Waals surface area contributed by atoms with Crippen molar-refractivity contribution in [2.75, 3.05) is 5.75 Å². The second kappa shape index (κ2) is 3.34. The molecule has 4 nitrogen and oxygen atoms in total. The van der Waals surface area contributed by atoms with Crippen molar-refractivity contribution in [1.29, 1.82) is 0 Å². The first kappa shape index (κ1) is 10.2. The minimum atomic E-state index is -3.22. The Balaban J connectivity index is 2.80. The zero-order chi connectivity index (χ0) is 11.1. The Morgan fingerprint density at radius 2 is 2.13 bits per heavy atom. The molecule has 0 aliphatic rings. The molecule has 0 aliphatic heterocycles. The van der Waals surface area contributed by atoms with Crippen LogP contribution in [0.5, 0.6) is 0 Å². The van der Waals surface area contributed by atoms with E-state index in [0.29, 0.717) is 11.3 Å². The Morgan fingerprint density at radius 1 is 1.40 bits per heavy atom. The van der Waals surface area contributed by atoms with Crippen molar-refractivity contribution in [3.8, 4) is 0 Å². The van der Waals surface area contributed by atoms with E-state index in [1.54, 1.807) is 24.3 Å². The number of imidazole rings is 1. The van der Waals surface area contributed by atoms with Crippen molar-refractivity contribution in [3.63, 3.8) is 0 Å². The van der Waals surface area contributed by atoms with Gasteiger partial charge in [0.1, 0.15) is 5.65 Å². The average Bonchev–Trinajstić information content (AvgIpc) is 2.58. The van der Waals surface area contributed by atoms with Crippen molar-refractivity contribution in [2.45, 2.75) is 18.9 Å². The highest BCUT2D eigenvalue weighted by molar-refractivity contribution is 7.91. The molecule has 0 spiro atoms. The molecule has 0 amide bonds. The fourth-order valence-electron chi connectivity index (χ4n) is 1.53. The lowest BCUT2D eigenvalue weighted by molar-refractivity contribution is 0.593. The normalized spacial score (nSPS) is 12.1. The number of pyridine rings is 1. The van der Waals surface area contributed by atoms with E-state index >= 15 is 0 Å². The van der Waals surface area contributed by atoms with Crippen LogP contribution in [-0.4, -0.2) is 23.6 Å². The molecule has 0 radical (unpaired) electrons. The number of aryl methyl sites for hydroxylation is 1. The summed E-state index contributed by atoms with van der Waals surface area (Å²) in [5, 5.41) is 0.191. The fourth-order valence-corrected chi connectivity index (χ4v) is 2.58. The smallest absolute Gasteiger partial charge is 0.197 e. The van der Waals surface area contributed by atoms with Crippen LogP contribution in [0.2, 0.25) is 0 Å². The molecule has 0 N–H and O–H groups in total. The molecule has 5 heteroatoms. The molecule has 0 aliphatic carbocycles. The van der Waals surface area contributed by atoms with Gasteiger partial charge in [0, 0.05) is 6.20 Å². The predicted octanol–water partition coefficient (Wildman–Crippen LogP) is 1.44. The molecule has 2 aromatic heterocycles. The van der Waals surface area contributed by atoms with Gasteiger partial charge in [-0.05, 0) is 19.1 Å². The van der Waals surface area contributed by atoms with Gasteiger partial charge >= 0.3 is 0 Å². The number of hydrogen-bond acceptors (Lipinski definition) is 3.